The molecular weight excluding hydrogens is 231 g/mol. The van der Waals surface area contributed by atoms with E-state index in [4.69, 9.17) is 0 Å². The Labute approximate surface area is 108 Å². The van der Waals surface area contributed by atoms with Crippen LogP contribution in [0.5, 0.6) is 0 Å². The minimum Gasteiger partial charge on any atom is -0.325 e. The van der Waals surface area contributed by atoms with Crippen molar-refractivity contribution in [1.29, 1.82) is 0 Å². The molecule has 1 rings (SSSR count). The highest BCUT2D eigenvalue weighted by atomic mass is 19.1. The van der Waals surface area contributed by atoms with Crippen LogP contribution < -0.4 is 10.6 Å². The molecule has 0 saturated heterocycles. The molecule has 18 heavy (non-hydrogen) atoms. The summed E-state index contributed by atoms with van der Waals surface area (Å²) in [5.74, 6) is 0.108. The lowest BCUT2D eigenvalue weighted by Gasteiger charge is -2.19. The van der Waals surface area contributed by atoms with Crippen LogP contribution in [0, 0.1) is 11.7 Å². The smallest absolute Gasteiger partial charge is 0.238 e. The molecule has 0 radical (unpaired) electrons. The molecule has 0 fully saturated rings. The fraction of sp³-hybridized carbons (Fsp3) is 0.500. The molecule has 2 N–H and O–H groups in total. The molecule has 0 aliphatic rings. The number of nitrogens with one attached hydrogen (secondary N) is 2. The van der Waals surface area contributed by atoms with Gasteiger partial charge in [0.1, 0.15) is 5.82 Å². The number of amides is 1. The Balaban J connectivity index is 2.36. The van der Waals surface area contributed by atoms with Crippen molar-refractivity contribution in [3.05, 3.63) is 30.1 Å². The predicted octanol–water partition coefficient (Wildman–Crippen LogP) is 2.79. The Kier molecular flexibility index (Phi) is 5.78. The largest absolute Gasteiger partial charge is 0.325 e. The van der Waals surface area contributed by atoms with E-state index in [-0.39, 0.29) is 18.3 Å². The fourth-order valence-electron chi connectivity index (χ4n) is 1.55. The molecule has 1 aromatic rings. The molecule has 4 heteroatoms. The zero-order valence-electron chi connectivity index (χ0n) is 11.2. The highest BCUT2D eigenvalue weighted by molar-refractivity contribution is 5.92. The quantitative estimate of drug-likeness (QED) is 0.817. The van der Waals surface area contributed by atoms with E-state index in [2.05, 4.69) is 31.4 Å². The van der Waals surface area contributed by atoms with Gasteiger partial charge in [-0.05, 0) is 37.1 Å². The fourth-order valence-corrected chi connectivity index (χ4v) is 1.55. The Morgan fingerprint density at radius 1 is 1.28 bits per heavy atom. The third-order valence-corrected chi connectivity index (χ3v) is 3.21. The lowest BCUT2D eigenvalue weighted by molar-refractivity contribution is -0.115. The van der Waals surface area contributed by atoms with E-state index in [1.165, 1.54) is 12.1 Å². The number of rotatable bonds is 6. The number of carbonyl (C=O) groups is 1. The average molecular weight is 252 g/mol. The summed E-state index contributed by atoms with van der Waals surface area (Å²) in [7, 11) is 0. The van der Waals surface area contributed by atoms with Crippen molar-refractivity contribution >= 4 is 11.6 Å². The first-order valence-corrected chi connectivity index (χ1v) is 6.31. The molecule has 1 aromatic carbocycles. The summed E-state index contributed by atoms with van der Waals surface area (Å²) in [4.78, 5) is 11.6. The maximum Gasteiger partial charge on any atom is 0.238 e. The van der Waals surface area contributed by atoms with Gasteiger partial charge < -0.3 is 10.6 Å². The second kappa shape index (κ2) is 7.11. The summed E-state index contributed by atoms with van der Waals surface area (Å²) in [6, 6.07) is 6.04. The second-order valence-corrected chi connectivity index (χ2v) is 4.61. The minimum atomic E-state index is -0.309. The Bertz CT molecular complexity index is 378. The van der Waals surface area contributed by atoms with Crippen LogP contribution in [0.3, 0.4) is 0 Å². The van der Waals surface area contributed by atoms with Crippen molar-refractivity contribution < 1.29 is 9.18 Å². The third kappa shape index (κ3) is 4.84. The van der Waals surface area contributed by atoms with Crippen LogP contribution in [0.25, 0.3) is 0 Å². The van der Waals surface area contributed by atoms with Gasteiger partial charge in [-0.3, -0.25) is 4.79 Å². The van der Waals surface area contributed by atoms with Crippen LogP contribution in [-0.4, -0.2) is 18.5 Å². The van der Waals surface area contributed by atoms with Crippen LogP contribution in [0.1, 0.15) is 27.2 Å². The third-order valence-electron chi connectivity index (χ3n) is 3.21. The molecule has 0 aliphatic carbocycles. The van der Waals surface area contributed by atoms with Crippen LogP contribution in [0.4, 0.5) is 10.1 Å². The molecule has 1 amide bonds. The first-order valence-electron chi connectivity index (χ1n) is 6.31. The van der Waals surface area contributed by atoms with Crippen molar-refractivity contribution in [3.63, 3.8) is 0 Å². The van der Waals surface area contributed by atoms with Gasteiger partial charge in [0, 0.05) is 11.7 Å². The van der Waals surface area contributed by atoms with Gasteiger partial charge in [-0.2, -0.15) is 0 Å². The predicted molar refractivity (Wildman–Crippen MR) is 71.9 cm³/mol. The standard InChI is InChI=1S/C14H21FN2O/c1-4-10(2)11(3)16-9-14(18)17-13-7-5-12(15)6-8-13/h5-8,10-11,16H,4,9H2,1-3H3,(H,17,18). The molecule has 0 saturated carbocycles. The van der Waals surface area contributed by atoms with Gasteiger partial charge in [0.15, 0.2) is 0 Å². The molecule has 2 unspecified atom stereocenters. The summed E-state index contributed by atoms with van der Waals surface area (Å²) in [6.07, 6.45) is 1.08. The zero-order chi connectivity index (χ0) is 13.5. The summed E-state index contributed by atoms with van der Waals surface area (Å²) in [6.45, 7) is 6.61. The van der Waals surface area contributed by atoms with E-state index in [1.54, 1.807) is 12.1 Å². The Morgan fingerprint density at radius 2 is 1.89 bits per heavy atom. The minimum absolute atomic E-state index is 0.114. The van der Waals surface area contributed by atoms with Gasteiger partial charge in [0.25, 0.3) is 0 Å². The van der Waals surface area contributed by atoms with E-state index >= 15 is 0 Å². The monoisotopic (exact) mass is 252 g/mol. The highest BCUT2D eigenvalue weighted by Crippen LogP contribution is 2.08. The van der Waals surface area contributed by atoms with Crippen molar-refractivity contribution in [2.75, 3.05) is 11.9 Å². The van der Waals surface area contributed by atoms with E-state index < -0.39 is 0 Å². The molecule has 0 spiro atoms. The van der Waals surface area contributed by atoms with Crippen LogP contribution in [0.2, 0.25) is 0 Å². The van der Waals surface area contributed by atoms with Crippen molar-refractivity contribution in [1.82, 2.24) is 5.32 Å². The molecular formula is C14H21FN2O. The normalized spacial score (nSPS) is 14.0. The number of benzene rings is 1. The maximum atomic E-state index is 12.7. The van der Waals surface area contributed by atoms with Crippen LogP contribution in [-0.2, 0) is 4.79 Å². The van der Waals surface area contributed by atoms with Crippen molar-refractivity contribution in [3.8, 4) is 0 Å². The second-order valence-electron chi connectivity index (χ2n) is 4.61. The summed E-state index contributed by atoms with van der Waals surface area (Å²) < 4.78 is 12.7. The molecule has 0 heterocycles. The van der Waals surface area contributed by atoms with Gasteiger partial charge in [0.2, 0.25) is 5.91 Å². The molecule has 0 aromatic heterocycles. The maximum absolute atomic E-state index is 12.7. The first kappa shape index (κ1) is 14.6. The van der Waals surface area contributed by atoms with Gasteiger partial charge in [-0.1, -0.05) is 20.3 Å². The Hall–Kier alpha value is -1.42. The molecule has 3 nitrogen and oxygen atoms in total. The van der Waals surface area contributed by atoms with Crippen LogP contribution >= 0.6 is 0 Å². The number of halogens is 1. The molecule has 0 aliphatic heterocycles. The average Bonchev–Trinajstić information content (AvgIpc) is 2.37. The molecule has 2 atom stereocenters. The lowest BCUT2D eigenvalue weighted by atomic mass is 10.0. The van der Waals surface area contributed by atoms with E-state index in [9.17, 15) is 9.18 Å². The number of hydrogen-bond donors (Lipinski definition) is 2. The topological polar surface area (TPSA) is 41.1 Å². The van der Waals surface area contributed by atoms with Gasteiger partial charge in [0.05, 0.1) is 6.54 Å². The van der Waals surface area contributed by atoms with E-state index in [0.29, 0.717) is 17.6 Å². The van der Waals surface area contributed by atoms with E-state index in [1.807, 2.05) is 0 Å². The van der Waals surface area contributed by atoms with Gasteiger partial charge >= 0.3 is 0 Å². The Morgan fingerprint density at radius 3 is 2.44 bits per heavy atom. The van der Waals surface area contributed by atoms with E-state index in [0.717, 1.165) is 6.42 Å². The number of carbonyl (C=O) groups excluding carboxylic acids is 1. The number of hydrogen-bond acceptors (Lipinski definition) is 2. The molecule has 100 valence electrons. The zero-order valence-corrected chi connectivity index (χ0v) is 11.2. The summed E-state index contributed by atoms with van der Waals surface area (Å²) in [5, 5.41) is 5.89. The first-order chi connectivity index (χ1) is 8.52. The number of anilines is 1. The summed E-state index contributed by atoms with van der Waals surface area (Å²) in [5.41, 5.74) is 0.611. The van der Waals surface area contributed by atoms with Gasteiger partial charge in [-0.25, -0.2) is 4.39 Å². The van der Waals surface area contributed by atoms with Crippen molar-refractivity contribution in [2.45, 2.75) is 33.2 Å². The summed E-state index contributed by atoms with van der Waals surface area (Å²) >= 11 is 0. The van der Waals surface area contributed by atoms with Crippen molar-refractivity contribution in [2.24, 2.45) is 5.92 Å². The SMILES string of the molecule is CCC(C)C(C)NCC(=O)Nc1ccc(F)cc1. The highest BCUT2D eigenvalue weighted by Gasteiger charge is 2.11. The molecule has 0 bridgehead atoms. The van der Waals surface area contributed by atoms with Crippen LogP contribution in [0.15, 0.2) is 24.3 Å². The van der Waals surface area contributed by atoms with Gasteiger partial charge in [-0.15, -0.1) is 0 Å². The lowest BCUT2D eigenvalue weighted by Crippen LogP contribution is -2.37.